The normalized spacial score (nSPS) is 27.4. The van der Waals surface area contributed by atoms with Gasteiger partial charge in [-0.15, -0.1) is 0 Å². The average Bonchev–Trinajstić information content (AvgIpc) is 3.34. The van der Waals surface area contributed by atoms with Crippen molar-refractivity contribution in [3.8, 4) is 0 Å². The summed E-state index contributed by atoms with van der Waals surface area (Å²) >= 11 is 3.02. The fourth-order valence-corrected chi connectivity index (χ4v) is 5.17. The van der Waals surface area contributed by atoms with Crippen LogP contribution in [0.3, 0.4) is 0 Å². The number of alkyl halides is 2. The van der Waals surface area contributed by atoms with E-state index in [1.807, 2.05) is 4.72 Å². The van der Waals surface area contributed by atoms with E-state index >= 15 is 0 Å². The molecule has 0 bridgehead atoms. The van der Waals surface area contributed by atoms with Crippen LogP contribution in [0.5, 0.6) is 0 Å². The molecular weight excluding hydrogens is 453 g/mol. The second kappa shape index (κ2) is 7.25. The van der Waals surface area contributed by atoms with Crippen molar-refractivity contribution in [1.29, 1.82) is 0 Å². The van der Waals surface area contributed by atoms with Crippen molar-refractivity contribution in [2.75, 3.05) is 6.54 Å². The van der Waals surface area contributed by atoms with Gasteiger partial charge in [-0.25, -0.2) is 31.1 Å². The molecule has 3 rings (SSSR count). The van der Waals surface area contributed by atoms with Gasteiger partial charge in [0.25, 0.3) is 0 Å². The second-order valence-electron chi connectivity index (χ2n) is 6.80. The van der Waals surface area contributed by atoms with Crippen LogP contribution in [0.25, 0.3) is 0 Å². The minimum atomic E-state index is -4.49. The van der Waals surface area contributed by atoms with Crippen molar-refractivity contribution in [3.63, 3.8) is 0 Å². The van der Waals surface area contributed by atoms with Crippen LogP contribution in [0.4, 0.5) is 18.0 Å². The molecule has 0 unspecified atom stereocenters. The van der Waals surface area contributed by atoms with Crippen LogP contribution < -0.4 is 4.72 Å². The highest BCUT2D eigenvalue weighted by molar-refractivity contribution is 9.10. The summed E-state index contributed by atoms with van der Waals surface area (Å²) in [6.07, 6.45) is -3.99. The zero-order valence-electron chi connectivity index (χ0n) is 14.0. The smallest absolute Gasteiger partial charge is 0.407 e. The molecule has 11 heteroatoms. The maximum atomic E-state index is 14.6. The number of rotatable bonds is 5. The standard InChI is InChI=1S/C16H18BrF3N2O4S/c17-10-3-1-2-9(13(10)19)8-12-14(11(18)4-7-22(12)15(23)24)21-27(25,26)16(20)5-6-16/h1-3,11-12,14,21H,4-8H2,(H,23,24)/t11-,12-,14-/m0/s1. The van der Waals surface area contributed by atoms with E-state index in [-0.39, 0.29) is 42.3 Å². The van der Waals surface area contributed by atoms with Crippen LogP contribution in [-0.4, -0.2) is 54.3 Å². The van der Waals surface area contributed by atoms with Crippen LogP contribution in [0.1, 0.15) is 24.8 Å². The largest absolute Gasteiger partial charge is 0.465 e. The number of benzene rings is 1. The molecule has 1 aliphatic heterocycles. The molecule has 2 fully saturated rings. The van der Waals surface area contributed by atoms with E-state index in [1.165, 1.54) is 18.2 Å². The molecule has 1 saturated heterocycles. The number of nitrogens with one attached hydrogen (secondary N) is 1. The molecule has 1 aromatic carbocycles. The molecule has 1 amide bonds. The summed E-state index contributed by atoms with van der Waals surface area (Å²) < 4.78 is 69.7. The Hall–Kier alpha value is -1.33. The van der Waals surface area contributed by atoms with Crippen LogP contribution >= 0.6 is 15.9 Å². The van der Waals surface area contributed by atoms with Gasteiger partial charge in [0.1, 0.15) is 12.0 Å². The first-order valence-electron chi connectivity index (χ1n) is 8.33. The highest BCUT2D eigenvalue weighted by atomic mass is 79.9. The summed E-state index contributed by atoms with van der Waals surface area (Å²) in [6.45, 7) is -0.171. The van der Waals surface area contributed by atoms with Crippen molar-refractivity contribution < 1.29 is 31.5 Å². The molecule has 2 aliphatic rings. The molecule has 2 N–H and O–H groups in total. The quantitative estimate of drug-likeness (QED) is 0.692. The van der Waals surface area contributed by atoms with Gasteiger partial charge in [-0.3, -0.25) is 0 Å². The SMILES string of the molecule is O=C(O)N1CC[C@H](F)[C@H](NS(=O)(=O)C2(F)CC2)[C@@H]1Cc1cccc(Br)c1F. The number of likely N-dealkylation sites (tertiary alicyclic amines) is 1. The van der Waals surface area contributed by atoms with Crippen molar-refractivity contribution in [2.24, 2.45) is 0 Å². The summed E-state index contributed by atoms with van der Waals surface area (Å²) in [5, 5.41) is 6.98. The maximum absolute atomic E-state index is 14.6. The van der Waals surface area contributed by atoms with E-state index in [2.05, 4.69) is 15.9 Å². The van der Waals surface area contributed by atoms with Crippen molar-refractivity contribution >= 4 is 32.0 Å². The lowest BCUT2D eigenvalue weighted by atomic mass is 9.90. The zero-order chi connectivity index (χ0) is 20.0. The fourth-order valence-electron chi connectivity index (χ4n) is 3.25. The highest BCUT2D eigenvalue weighted by Gasteiger charge is 2.57. The summed E-state index contributed by atoms with van der Waals surface area (Å²) in [5.41, 5.74) is 0.0975. The topological polar surface area (TPSA) is 86.7 Å². The fraction of sp³-hybridized carbons (Fsp3) is 0.562. The monoisotopic (exact) mass is 470 g/mol. The number of sulfonamides is 1. The molecule has 150 valence electrons. The third kappa shape index (κ3) is 3.95. The van der Waals surface area contributed by atoms with Gasteiger partial charge in [-0.05, 0) is 40.4 Å². The third-order valence-electron chi connectivity index (χ3n) is 4.97. The van der Waals surface area contributed by atoms with Crippen molar-refractivity contribution in [3.05, 3.63) is 34.1 Å². The number of carboxylic acid groups (broad SMARTS) is 1. The van der Waals surface area contributed by atoms with Gasteiger partial charge in [-0.1, -0.05) is 12.1 Å². The van der Waals surface area contributed by atoms with E-state index in [0.29, 0.717) is 0 Å². The van der Waals surface area contributed by atoms with Crippen molar-refractivity contribution in [2.45, 2.75) is 48.9 Å². The molecule has 1 saturated carbocycles. The molecular formula is C16H18BrF3N2O4S. The van der Waals surface area contributed by atoms with Gasteiger partial charge >= 0.3 is 6.09 Å². The Bertz CT molecular complexity index is 850. The number of carbonyl (C=O) groups is 1. The Labute approximate surface area is 162 Å². The van der Waals surface area contributed by atoms with Gasteiger partial charge in [0.15, 0.2) is 0 Å². The Morgan fingerprint density at radius 3 is 2.67 bits per heavy atom. The zero-order valence-corrected chi connectivity index (χ0v) is 16.4. The number of hydrogen-bond acceptors (Lipinski definition) is 3. The number of nitrogens with zero attached hydrogens (tertiary/aromatic N) is 1. The van der Waals surface area contributed by atoms with Crippen LogP contribution in [0, 0.1) is 5.82 Å². The Morgan fingerprint density at radius 2 is 2.07 bits per heavy atom. The Balaban J connectivity index is 1.94. The lowest BCUT2D eigenvalue weighted by Gasteiger charge is -2.42. The van der Waals surface area contributed by atoms with Crippen LogP contribution in [-0.2, 0) is 16.4 Å². The molecule has 1 heterocycles. The van der Waals surface area contributed by atoms with Gasteiger partial charge in [-0.2, -0.15) is 0 Å². The number of piperidine rings is 1. The van der Waals surface area contributed by atoms with Crippen molar-refractivity contribution in [1.82, 2.24) is 9.62 Å². The predicted molar refractivity (Wildman–Crippen MR) is 94.8 cm³/mol. The molecule has 0 spiro atoms. The van der Waals surface area contributed by atoms with E-state index in [1.54, 1.807) is 0 Å². The minimum absolute atomic E-state index is 0.0975. The first-order chi connectivity index (χ1) is 12.6. The molecule has 0 radical (unpaired) electrons. The molecule has 1 aliphatic carbocycles. The first kappa shape index (κ1) is 20.4. The molecule has 3 atom stereocenters. The third-order valence-corrected chi connectivity index (χ3v) is 7.54. The molecule has 0 aromatic heterocycles. The first-order valence-corrected chi connectivity index (χ1v) is 10.6. The van der Waals surface area contributed by atoms with Crippen LogP contribution in [0.2, 0.25) is 0 Å². The summed E-state index contributed by atoms with van der Waals surface area (Å²) in [6, 6.07) is 1.67. The lowest BCUT2D eigenvalue weighted by molar-refractivity contribution is 0.0571. The predicted octanol–water partition coefficient (Wildman–Crippen LogP) is 2.97. The van der Waals surface area contributed by atoms with E-state index in [9.17, 15) is 31.5 Å². The van der Waals surface area contributed by atoms with Gasteiger partial charge in [0.2, 0.25) is 15.0 Å². The molecule has 27 heavy (non-hydrogen) atoms. The van der Waals surface area contributed by atoms with Gasteiger partial charge < -0.3 is 10.0 Å². The Morgan fingerprint density at radius 1 is 1.41 bits per heavy atom. The number of hydrogen-bond donors (Lipinski definition) is 2. The lowest BCUT2D eigenvalue weighted by Crippen LogP contribution is -2.63. The molecule has 1 aromatic rings. The van der Waals surface area contributed by atoms with Crippen LogP contribution in [0.15, 0.2) is 22.7 Å². The van der Waals surface area contributed by atoms with E-state index in [4.69, 9.17) is 0 Å². The van der Waals surface area contributed by atoms with Gasteiger partial charge in [0.05, 0.1) is 16.6 Å². The number of halogens is 4. The summed E-state index contributed by atoms with van der Waals surface area (Å²) in [7, 11) is -4.49. The highest BCUT2D eigenvalue weighted by Crippen LogP contribution is 2.45. The van der Waals surface area contributed by atoms with E-state index < -0.39 is 45.2 Å². The van der Waals surface area contributed by atoms with Gasteiger partial charge in [0, 0.05) is 19.4 Å². The average molecular weight is 471 g/mol. The summed E-state index contributed by atoms with van der Waals surface area (Å²) in [5.74, 6) is -0.644. The molecule has 6 nitrogen and oxygen atoms in total. The minimum Gasteiger partial charge on any atom is -0.465 e. The summed E-state index contributed by atoms with van der Waals surface area (Å²) in [4.78, 5) is 12.5. The second-order valence-corrected chi connectivity index (χ2v) is 9.62. The maximum Gasteiger partial charge on any atom is 0.407 e. The Kier molecular flexibility index (Phi) is 5.48. The van der Waals surface area contributed by atoms with E-state index in [0.717, 1.165) is 4.90 Å². The number of amides is 1.